The Morgan fingerprint density at radius 3 is 2.62 bits per heavy atom. The average Bonchev–Trinajstić information content (AvgIpc) is 3.21. The quantitative estimate of drug-likeness (QED) is 0.373. The van der Waals surface area contributed by atoms with Crippen LogP contribution < -0.4 is 10.6 Å². The first-order valence-electron chi connectivity index (χ1n) is 11.8. The molecule has 5 rings (SSSR count). The highest BCUT2D eigenvalue weighted by atomic mass is 35.5. The Morgan fingerprint density at radius 1 is 1.14 bits per heavy atom. The summed E-state index contributed by atoms with van der Waals surface area (Å²) in [5, 5.41) is 11.5. The van der Waals surface area contributed by atoms with Crippen molar-refractivity contribution in [1.29, 1.82) is 0 Å². The average molecular weight is 541 g/mol. The fourth-order valence-corrected chi connectivity index (χ4v) is 6.13. The van der Waals surface area contributed by atoms with E-state index in [9.17, 15) is 13.2 Å². The first-order chi connectivity index (χ1) is 17.7. The lowest BCUT2D eigenvalue weighted by Gasteiger charge is -2.22. The van der Waals surface area contributed by atoms with Crippen LogP contribution >= 0.6 is 11.6 Å². The lowest BCUT2D eigenvalue weighted by Crippen LogP contribution is -2.41. The van der Waals surface area contributed by atoms with Gasteiger partial charge in [0.25, 0.3) is 5.91 Å². The van der Waals surface area contributed by atoms with Crippen LogP contribution in [-0.4, -0.2) is 52.0 Å². The molecule has 10 nitrogen and oxygen atoms in total. The molecule has 0 atom stereocenters. The van der Waals surface area contributed by atoms with Crippen LogP contribution in [0.15, 0.2) is 41.2 Å². The second-order valence-corrected chi connectivity index (χ2v) is 11.8. The third-order valence-electron chi connectivity index (χ3n) is 6.33. The van der Waals surface area contributed by atoms with Crippen molar-refractivity contribution in [2.45, 2.75) is 39.3 Å². The fourth-order valence-electron chi connectivity index (χ4n) is 4.44. The second-order valence-electron chi connectivity index (χ2n) is 9.09. The largest absolute Gasteiger partial charge is 0.365 e. The van der Waals surface area contributed by atoms with E-state index in [1.54, 1.807) is 18.5 Å². The number of aromatic nitrogens is 4. The van der Waals surface area contributed by atoms with Gasteiger partial charge in [-0.15, -0.1) is 0 Å². The minimum atomic E-state index is -3.04. The number of rotatable bonds is 6. The van der Waals surface area contributed by atoms with Crippen LogP contribution in [0.25, 0.3) is 22.0 Å². The Hall–Kier alpha value is -3.57. The first-order valence-corrected chi connectivity index (χ1v) is 14.0. The summed E-state index contributed by atoms with van der Waals surface area (Å²) < 4.78 is 28.8. The molecule has 0 radical (unpaired) electrons. The zero-order valence-corrected chi connectivity index (χ0v) is 21.9. The minimum Gasteiger partial charge on any atom is -0.365 e. The number of carbonyl (C=O) groups is 1. The number of carbonyl (C=O) groups excluding carboxylic acids is 1. The number of hydrogen-bond donors (Lipinski definition) is 2. The van der Waals surface area contributed by atoms with Crippen molar-refractivity contribution >= 4 is 44.1 Å². The molecule has 12 heteroatoms. The number of nitrogens with one attached hydrogen (secondary N) is 2. The van der Waals surface area contributed by atoms with Crippen LogP contribution in [0.4, 0.5) is 5.82 Å². The molecular formula is C25H25ClN6O4S. The number of hydrogen-bond acceptors (Lipinski definition) is 9. The number of amides is 1. The van der Waals surface area contributed by atoms with Gasteiger partial charge in [-0.3, -0.25) is 9.78 Å². The Kier molecular flexibility index (Phi) is 6.82. The van der Waals surface area contributed by atoms with Gasteiger partial charge in [-0.05, 0) is 56.0 Å². The van der Waals surface area contributed by atoms with Crippen molar-refractivity contribution in [3.63, 3.8) is 0 Å². The summed E-state index contributed by atoms with van der Waals surface area (Å²) in [6.45, 7) is 4.10. The van der Waals surface area contributed by atoms with Crippen molar-refractivity contribution in [3.8, 4) is 11.1 Å². The van der Waals surface area contributed by atoms with Crippen LogP contribution in [0, 0.1) is 13.8 Å². The van der Waals surface area contributed by atoms with E-state index in [0.29, 0.717) is 46.9 Å². The number of pyridine rings is 1. The van der Waals surface area contributed by atoms with E-state index >= 15 is 0 Å². The number of fused-ring (bicyclic) bond motifs is 1. The maximum atomic E-state index is 13.1. The van der Waals surface area contributed by atoms with Gasteiger partial charge in [-0.1, -0.05) is 22.8 Å². The molecule has 1 aliphatic heterocycles. The summed E-state index contributed by atoms with van der Waals surface area (Å²) in [6.07, 6.45) is 3.99. The lowest BCUT2D eigenvalue weighted by molar-refractivity contribution is 0.0924. The van der Waals surface area contributed by atoms with Crippen LogP contribution in [0.3, 0.4) is 0 Å². The van der Waals surface area contributed by atoms with E-state index in [4.69, 9.17) is 16.1 Å². The Bertz CT molecular complexity index is 1570. The molecule has 0 spiro atoms. The van der Waals surface area contributed by atoms with E-state index in [2.05, 4.69) is 30.7 Å². The molecule has 1 amide bonds. The van der Waals surface area contributed by atoms with Crippen LogP contribution in [-0.2, 0) is 16.4 Å². The number of nitrogens with zero attached hydrogens (tertiary/aromatic N) is 4. The maximum absolute atomic E-state index is 13.1. The highest BCUT2D eigenvalue weighted by molar-refractivity contribution is 7.91. The number of halogens is 1. The number of benzene rings is 1. The van der Waals surface area contributed by atoms with Gasteiger partial charge in [0.2, 0.25) is 5.82 Å². The van der Waals surface area contributed by atoms with Gasteiger partial charge < -0.3 is 15.2 Å². The zero-order chi connectivity index (χ0) is 26.2. The molecule has 37 heavy (non-hydrogen) atoms. The molecule has 1 fully saturated rings. The van der Waals surface area contributed by atoms with Crippen molar-refractivity contribution in [2.24, 2.45) is 0 Å². The first kappa shape index (κ1) is 25.1. The number of aryl methyl sites for hydroxylation is 2. The summed E-state index contributed by atoms with van der Waals surface area (Å²) >= 11 is 6.08. The van der Waals surface area contributed by atoms with Crippen LogP contribution in [0.1, 0.15) is 40.5 Å². The smallest absolute Gasteiger partial charge is 0.289 e. The summed E-state index contributed by atoms with van der Waals surface area (Å²) in [4.78, 5) is 26.3. The molecule has 0 saturated carbocycles. The SMILES string of the molecule is Cc1noc(C)c1-c1ccc2nc(C(=O)NC3CCS(=O)(=O)CC3)nc(NCc3cncc(Cl)c3)c2c1. The van der Waals surface area contributed by atoms with E-state index in [0.717, 1.165) is 22.4 Å². The molecule has 0 unspecified atom stereocenters. The van der Waals surface area contributed by atoms with Gasteiger partial charge in [0.05, 0.1) is 27.7 Å². The van der Waals surface area contributed by atoms with Crippen molar-refractivity contribution in [1.82, 2.24) is 25.4 Å². The summed E-state index contributed by atoms with van der Waals surface area (Å²) in [5.74, 6) is 0.826. The summed E-state index contributed by atoms with van der Waals surface area (Å²) in [6, 6.07) is 7.22. The Morgan fingerprint density at radius 2 is 1.92 bits per heavy atom. The number of anilines is 1. The maximum Gasteiger partial charge on any atom is 0.289 e. The standard InChI is InChI=1S/C25H25ClN6O4S/c1-14-22(15(2)36-32-14)17-3-4-21-20(10-17)23(28-12-16-9-18(26)13-27-11-16)31-24(30-21)25(33)29-19-5-7-37(34,35)8-6-19/h3-4,9-11,13,19H,5-8,12H2,1-2H3,(H,29,33)(H,28,30,31). The highest BCUT2D eigenvalue weighted by Crippen LogP contribution is 2.31. The lowest BCUT2D eigenvalue weighted by atomic mass is 10.0. The molecule has 0 aliphatic carbocycles. The molecule has 1 aromatic carbocycles. The van der Waals surface area contributed by atoms with Crippen molar-refractivity contribution in [2.75, 3.05) is 16.8 Å². The van der Waals surface area contributed by atoms with Gasteiger partial charge in [0.15, 0.2) is 0 Å². The van der Waals surface area contributed by atoms with Gasteiger partial charge in [0.1, 0.15) is 21.4 Å². The van der Waals surface area contributed by atoms with Crippen molar-refractivity contribution in [3.05, 3.63) is 64.5 Å². The fraction of sp³-hybridized carbons (Fsp3) is 0.320. The third-order valence-corrected chi connectivity index (χ3v) is 8.25. The molecule has 192 valence electrons. The number of sulfone groups is 1. The summed E-state index contributed by atoms with van der Waals surface area (Å²) in [7, 11) is -3.04. The predicted octanol–water partition coefficient (Wildman–Crippen LogP) is 3.87. The second kappa shape index (κ2) is 10.1. The third kappa shape index (κ3) is 5.57. The Balaban J connectivity index is 1.50. The predicted molar refractivity (Wildman–Crippen MR) is 140 cm³/mol. The topological polar surface area (TPSA) is 140 Å². The minimum absolute atomic E-state index is 0.00209. The van der Waals surface area contributed by atoms with E-state index in [1.807, 2.05) is 32.0 Å². The van der Waals surface area contributed by atoms with Gasteiger partial charge in [0, 0.05) is 35.9 Å². The van der Waals surface area contributed by atoms with E-state index in [-0.39, 0.29) is 23.4 Å². The normalized spacial score (nSPS) is 15.5. The zero-order valence-electron chi connectivity index (χ0n) is 20.3. The van der Waals surface area contributed by atoms with E-state index in [1.165, 1.54) is 0 Å². The molecule has 0 bridgehead atoms. The molecule has 1 aliphatic rings. The van der Waals surface area contributed by atoms with Gasteiger partial charge >= 0.3 is 0 Å². The molecule has 4 heterocycles. The van der Waals surface area contributed by atoms with Gasteiger partial charge in [-0.25, -0.2) is 18.4 Å². The molecule has 3 aromatic heterocycles. The Labute approximate surface area is 218 Å². The molecule has 1 saturated heterocycles. The van der Waals surface area contributed by atoms with Crippen LogP contribution in [0.2, 0.25) is 5.02 Å². The van der Waals surface area contributed by atoms with Gasteiger partial charge in [-0.2, -0.15) is 0 Å². The monoisotopic (exact) mass is 540 g/mol. The van der Waals surface area contributed by atoms with Crippen LogP contribution in [0.5, 0.6) is 0 Å². The molecular weight excluding hydrogens is 516 g/mol. The highest BCUT2D eigenvalue weighted by Gasteiger charge is 2.26. The molecule has 2 N–H and O–H groups in total. The van der Waals surface area contributed by atoms with E-state index < -0.39 is 15.7 Å². The summed E-state index contributed by atoms with van der Waals surface area (Å²) in [5.41, 5.74) is 3.97. The molecule has 4 aromatic rings. The van der Waals surface area contributed by atoms with Crippen molar-refractivity contribution < 1.29 is 17.7 Å².